The van der Waals surface area contributed by atoms with Crippen molar-refractivity contribution in [2.45, 2.75) is 84.5 Å². The van der Waals surface area contributed by atoms with Gasteiger partial charge in [0.1, 0.15) is 0 Å². The maximum Gasteiger partial charge on any atom is 0.340 e. The topological polar surface area (TPSA) is 69.7 Å². The lowest BCUT2D eigenvalue weighted by Gasteiger charge is -2.39. The van der Waals surface area contributed by atoms with Gasteiger partial charge in [0.2, 0.25) is 13.9 Å². The molecule has 0 N–H and O–H groups in total. The molecule has 0 heterocycles. The Morgan fingerprint density at radius 2 is 0.786 bits per heavy atom. The van der Waals surface area contributed by atoms with Crippen molar-refractivity contribution in [2.75, 3.05) is 14.2 Å². The first kappa shape index (κ1) is 28.0. The molecule has 0 bridgehead atoms. The van der Waals surface area contributed by atoms with E-state index in [2.05, 4.69) is 0 Å². The van der Waals surface area contributed by atoms with Crippen molar-refractivity contribution in [3.63, 3.8) is 0 Å². The third-order valence-corrected chi connectivity index (χ3v) is 8.89. The first-order chi connectivity index (χ1) is 12.8. The van der Waals surface area contributed by atoms with Crippen molar-refractivity contribution in [2.24, 2.45) is 0 Å². The number of hydrogen-bond acceptors (Lipinski definition) is 9. The molecular weight excluding hydrogens is 436 g/mol. The highest BCUT2D eigenvalue weighted by Gasteiger charge is 2.62. The van der Waals surface area contributed by atoms with Gasteiger partial charge in [-0.1, -0.05) is 55.4 Å². The van der Waals surface area contributed by atoms with Crippen molar-refractivity contribution in [3.05, 3.63) is 0 Å². The Bertz CT molecular complexity index is 480. The highest BCUT2D eigenvalue weighted by Crippen LogP contribution is 2.53. The van der Waals surface area contributed by atoms with Crippen LogP contribution in [0.2, 0.25) is 0 Å². The molecule has 5 nitrogen and oxygen atoms in total. The van der Waals surface area contributed by atoms with Crippen LogP contribution in [0.25, 0.3) is 0 Å². The van der Waals surface area contributed by atoms with Gasteiger partial charge in [-0.15, -0.1) is 47.0 Å². The van der Waals surface area contributed by atoms with Gasteiger partial charge in [0.15, 0.2) is 0 Å². The molecule has 0 saturated heterocycles. The zero-order chi connectivity index (χ0) is 22.3. The number of rotatable bonds is 12. The summed E-state index contributed by atoms with van der Waals surface area (Å²) in [4.78, 5) is 40.2. The molecule has 0 aromatic rings. The third kappa shape index (κ3) is 7.06. The summed E-state index contributed by atoms with van der Waals surface area (Å²) in [6.07, 6.45) is 0. The molecule has 0 aliphatic rings. The Hall–Kier alpha value is 0.01000. The Balaban J connectivity index is 6.82. The van der Waals surface area contributed by atoms with Gasteiger partial charge in [-0.2, -0.15) is 0 Å². The van der Waals surface area contributed by atoms with Crippen molar-refractivity contribution >= 4 is 64.8 Å². The molecule has 0 fully saturated rings. The summed E-state index contributed by atoms with van der Waals surface area (Å²) in [5.41, 5.74) is 0. The maximum atomic E-state index is 14.1. The van der Waals surface area contributed by atoms with Gasteiger partial charge in [0, 0.05) is 21.0 Å². The Kier molecular flexibility index (Phi) is 12.0. The fraction of sp³-hybridized carbons (Fsp3) is 0.842. The average molecular weight is 471 g/mol. The van der Waals surface area contributed by atoms with E-state index < -0.39 is 25.9 Å². The molecule has 0 aliphatic carbocycles. The van der Waals surface area contributed by atoms with Crippen LogP contribution < -0.4 is 0 Å². The Morgan fingerprint density at radius 1 is 0.571 bits per heavy atom. The minimum atomic E-state index is -1.56. The molecule has 0 spiro atoms. The smallest absolute Gasteiger partial charge is 0.340 e. The first-order valence-electron chi connectivity index (χ1n) is 9.22. The number of carbonyl (C=O) groups excluding carboxylic acids is 3. The average Bonchev–Trinajstić information content (AvgIpc) is 2.56. The summed E-state index contributed by atoms with van der Waals surface area (Å²) in [7, 11) is 2.55. The summed E-state index contributed by atoms with van der Waals surface area (Å²) in [5, 5.41) is -0.119. The van der Waals surface area contributed by atoms with E-state index in [1.165, 1.54) is 61.3 Å². The zero-order valence-corrected chi connectivity index (χ0v) is 21.7. The van der Waals surface area contributed by atoms with Crippen LogP contribution in [0, 0.1) is 0 Å². The van der Waals surface area contributed by atoms with E-state index in [4.69, 9.17) is 9.47 Å². The highest BCUT2D eigenvalue weighted by atomic mass is 32.2. The third-order valence-electron chi connectivity index (χ3n) is 3.11. The lowest BCUT2D eigenvalue weighted by atomic mass is 10.2. The number of hydrogen-bond donors (Lipinski definition) is 0. The standard InChI is InChI=1S/C19H34O5S4/c1-11(2)25-18(16(21)23-9,26-12(3)4)15(20)19(17(22)24-10,27-13(5)6)28-14(7)8/h11-14H,1-10H3. The minimum Gasteiger partial charge on any atom is -0.467 e. The van der Waals surface area contributed by atoms with Gasteiger partial charge in [0.05, 0.1) is 14.2 Å². The van der Waals surface area contributed by atoms with E-state index >= 15 is 0 Å². The number of Topliss-reactive ketones (excluding diaryl/α,β-unsaturated/α-hetero) is 1. The summed E-state index contributed by atoms with van der Waals surface area (Å²) >= 11 is 4.92. The second-order valence-electron chi connectivity index (χ2n) is 7.21. The predicted molar refractivity (Wildman–Crippen MR) is 125 cm³/mol. The number of ketones is 1. The zero-order valence-electron chi connectivity index (χ0n) is 18.5. The highest BCUT2D eigenvalue weighted by molar-refractivity contribution is 8.23. The molecule has 0 amide bonds. The number of methoxy groups -OCH3 is 2. The summed E-state index contributed by atoms with van der Waals surface area (Å²) < 4.78 is 7.05. The first-order valence-corrected chi connectivity index (χ1v) is 12.7. The van der Waals surface area contributed by atoms with Crippen LogP contribution in [0.3, 0.4) is 0 Å². The lowest BCUT2D eigenvalue weighted by Crippen LogP contribution is -2.56. The van der Waals surface area contributed by atoms with Gasteiger partial charge in [0.25, 0.3) is 0 Å². The molecule has 0 aromatic carbocycles. The lowest BCUT2D eigenvalue weighted by molar-refractivity contribution is -0.147. The molecule has 28 heavy (non-hydrogen) atoms. The van der Waals surface area contributed by atoms with Crippen LogP contribution in [0.15, 0.2) is 0 Å². The molecule has 0 rings (SSSR count). The largest absolute Gasteiger partial charge is 0.467 e. The Labute approximate surface area is 187 Å². The molecule has 9 heteroatoms. The fourth-order valence-corrected chi connectivity index (χ4v) is 9.89. The van der Waals surface area contributed by atoms with Gasteiger partial charge in [-0.3, -0.25) is 4.79 Å². The number of carbonyl (C=O) groups is 3. The van der Waals surface area contributed by atoms with Crippen molar-refractivity contribution in [1.82, 2.24) is 0 Å². The van der Waals surface area contributed by atoms with E-state index in [1.54, 1.807) is 0 Å². The van der Waals surface area contributed by atoms with E-state index in [-0.39, 0.29) is 21.0 Å². The maximum absolute atomic E-state index is 14.1. The second kappa shape index (κ2) is 12.0. The van der Waals surface area contributed by atoms with E-state index in [0.717, 1.165) is 0 Å². The molecule has 0 unspecified atom stereocenters. The number of ether oxygens (including phenoxy) is 2. The molecule has 0 radical (unpaired) electrons. The minimum absolute atomic E-state index is 0.0299. The molecule has 164 valence electrons. The van der Waals surface area contributed by atoms with E-state index in [0.29, 0.717) is 0 Å². The van der Waals surface area contributed by atoms with E-state index in [1.807, 2.05) is 55.4 Å². The van der Waals surface area contributed by atoms with Crippen LogP contribution in [-0.2, 0) is 23.9 Å². The van der Waals surface area contributed by atoms with Crippen molar-refractivity contribution in [1.29, 1.82) is 0 Å². The molecule has 0 aromatic heterocycles. The van der Waals surface area contributed by atoms with E-state index in [9.17, 15) is 14.4 Å². The molecular formula is C19H34O5S4. The van der Waals surface area contributed by atoms with Crippen LogP contribution in [0.4, 0.5) is 0 Å². The normalized spacial score (nSPS) is 12.8. The fourth-order valence-electron chi connectivity index (χ4n) is 2.46. The molecule has 0 atom stereocenters. The Morgan fingerprint density at radius 3 is 0.929 bits per heavy atom. The predicted octanol–water partition coefficient (Wildman–Crippen LogP) is 4.86. The summed E-state index contributed by atoms with van der Waals surface area (Å²) in [6, 6.07) is 0. The summed E-state index contributed by atoms with van der Waals surface area (Å²) in [5.74, 6) is -1.76. The second-order valence-corrected chi connectivity index (χ2v) is 14.9. The van der Waals surface area contributed by atoms with Crippen LogP contribution in [0.5, 0.6) is 0 Å². The molecule has 0 saturated carbocycles. The van der Waals surface area contributed by atoms with Crippen LogP contribution >= 0.6 is 47.0 Å². The molecule has 0 aliphatic heterocycles. The number of esters is 2. The van der Waals surface area contributed by atoms with Crippen LogP contribution in [0.1, 0.15) is 55.4 Å². The van der Waals surface area contributed by atoms with Crippen molar-refractivity contribution < 1.29 is 23.9 Å². The van der Waals surface area contributed by atoms with Crippen LogP contribution in [-0.4, -0.2) is 61.1 Å². The quantitative estimate of drug-likeness (QED) is 0.226. The van der Waals surface area contributed by atoms with Gasteiger partial charge >= 0.3 is 11.9 Å². The number of thioether (sulfide) groups is 4. The monoisotopic (exact) mass is 470 g/mol. The van der Waals surface area contributed by atoms with Gasteiger partial charge in [-0.05, 0) is 0 Å². The van der Waals surface area contributed by atoms with Gasteiger partial charge < -0.3 is 9.47 Å². The van der Waals surface area contributed by atoms with Gasteiger partial charge in [-0.25, -0.2) is 9.59 Å². The van der Waals surface area contributed by atoms with Crippen molar-refractivity contribution in [3.8, 4) is 0 Å². The SMILES string of the molecule is COC(=O)C(SC(C)C)(SC(C)C)C(=O)C(SC(C)C)(SC(C)C)C(=O)OC. The summed E-state index contributed by atoms with van der Waals surface area (Å²) in [6.45, 7) is 15.3.